The Morgan fingerprint density at radius 3 is 2.43 bits per heavy atom. The van der Waals surface area contributed by atoms with Crippen LogP contribution in [0.25, 0.3) is 0 Å². The maximum absolute atomic E-state index is 11.9. The minimum atomic E-state index is -0.857. The first-order valence-corrected chi connectivity index (χ1v) is 9.14. The fraction of sp³-hybridized carbons (Fsp3) is 0.286. The summed E-state index contributed by atoms with van der Waals surface area (Å²) in [5.41, 5.74) is 4.51. The highest BCUT2D eigenvalue weighted by molar-refractivity contribution is 6.39. The van der Waals surface area contributed by atoms with Crippen LogP contribution in [-0.4, -0.2) is 31.2 Å². The molecule has 2 amide bonds. The molecule has 148 valence electrons. The quantitative estimate of drug-likeness (QED) is 0.416. The average Bonchev–Trinajstić information content (AvgIpc) is 2.69. The molecule has 0 spiro atoms. The molecule has 28 heavy (non-hydrogen) atoms. The van der Waals surface area contributed by atoms with Gasteiger partial charge < -0.3 is 14.8 Å². The lowest BCUT2D eigenvalue weighted by Gasteiger charge is -2.11. The minimum absolute atomic E-state index is 0.499. The molecule has 0 heterocycles. The number of hydrazone groups is 1. The largest absolute Gasteiger partial charge is 0.490 e. The molecule has 0 unspecified atom stereocenters. The van der Waals surface area contributed by atoms with Crippen LogP contribution >= 0.6 is 0 Å². The van der Waals surface area contributed by atoms with Crippen LogP contribution in [0.3, 0.4) is 0 Å². The van der Waals surface area contributed by atoms with E-state index in [1.807, 2.05) is 32.9 Å². The van der Waals surface area contributed by atoms with Gasteiger partial charge >= 0.3 is 11.8 Å². The third-order valence-electron chi connectivity index (χ3n) is 3.62. The summed E-state index contributed by atoms with van der Waals surface area (Å²) in [6.45, 7) is 6.95. The van der Waals surface area contributed by atoms with Crippen molar-refractivity contribution in [2.45, 2.75) is 27.2 Å². The summed E-state index contributed by atoms with van der Waals surface area (Å²) in [7, 11) is 0. The Labute approximate surface area is 164 Å². The van der Waals surface area contributed by atoms with E-state index in [1.54, 1.807) is 30.3 Å². The van der Waals surface area contributed by atoms with Crippen LogP contribution in [0.2, 0.25) is 0 Å². The van der Waals surface area contributed by atoms with Crippen LogP contribution in [-0.2, 0) is 9.59 Å². The molecule has 0 radical (unpaired) electrons. The van der Waals surface area contributed by atoms with Crippen LogP contribution in [0.1, 0.15) is 31.4 Å². The Kier molecular flexibility index (Phi) is 8.02. The van der Waals surface area contributed by atoms with Crippen molar-refractivity contribution in [3.63, 3.8) is 0 Å². The topological polar surface area (TPSA) is 89.0 Å². The first-order chi connectivity index (χ1) is 13.5. The van der Waals surface area contributed by atoms with E-state index < -0.39 is 11.8 Å². The molecule has 0 saturated carbocycles. The number of aryl methyl sites for hydroxylation is 1. The predicted molar refractivity (Wildman–Crippen MR) is 109 cm³/mol. The van der Waals surface area contributed by atoms with Crippen LogP contribution in [0.5, 0.6) is 11.5 Å². The van der Waals surface area contributed by atoms with E-state index in [9.17, 15) is 9.59 Å². The number of hydrogen-bond donors (Lipinski definition) is 2. The molecule has 0 aliphatic heterocycles. The number of nitrogens with zero attached hydrogens (tertiary/aromatic N) is 1. The van der Waals surface area contributed by atoms with Crippen LogP contribution in [0, 0.1) is 6.92 Å². The highest BCUT2D eigenvalue weighted by Gasteiger charge is 2.12. The van der Waals surface area contributed by atoms with Gasteiger partial charge in [0.2, 0.25) is 0 Å². The van der Waals surface area contributed by atoms with Gasteiger partial charge in [-0.05, 0) is 56.2 Å². The lowest BCUT2D eigenvalue weighted by Crippen LogP contribution is -2.32. The fourth-order valence-corrected chi connectivity index (χ4v) is 2.25. The van der Waals surface area contributed by atoms with Gasteiger partial charge in [0.25, 0.3) is 0 Å². The standard InChI is InChI=1S/C21H25N3O4/c1-4-12-28-18-11-8-16(13-19(18)27-5-2)14-22-24-21(26)20(25)23-17-9-6-15(3)7-10-17/h6-11,13-14H,4-5,12H2,1-3H3,(H,23,25)(H,24,26)/b22-14+. The summed E-state index contributed by atoms with van der Waals surface area (Å²) in [5.74, 6) is -0.394. The lowest BCUT2D eigenvalue weighted by molar-refractivity contribution is -0.136. The maximum Gasteiger partial charge on any atom is 0.329 e. The number of nitrogens with one attached hydrogen (secondary N) is 2. The number of carbonyl (C=O) groups excluding carboxylic acids is 2. The first-order valence-electron chi connectivity index (χ1n) is 9.14. The number of hydrogen-bond acceptors (Lipinski definition) is 5. The fourth-order valence-electron chi connectivity index (χ4n) is 2.25. The van der Waals surface area contributed by atoms with Crippen molar-refractivity contribution < 1.29 is 19.1 Å². The molecule has 7 heteroatoms. The first kappa shape index (κ1) is 21.0. The summed E-state index contributed by atoms with van der Waals surface area (Å²) in [5, 5.41) is 6.34. The molecule has 0 aromatic heterocycles. The zero-order valence-electron chi connectivity index (χ0n) is 16.3. The van der Waals surface area contributed by atoms with Gasteiger partial charge in [-0.25, -0.2) is 5.43 Å². The summed E-state index contributed by atoms with van der Waals surface area (Å²) < 4.78 is 11.2. The summed E-state index contributed by atoms with van der Waals surface area (Å²) in [4.78, 5) is 23.8. The molecule has 0 saturated heterocycles. The van der Waals surface area contributed by atoms with Gasteiger partial charge in [-0.2, -0.15) is 5.10 Å². The second kappa shape index (κ2) is 10.7. The van der Waals surface area contributed by atoms with E-state index >= 15 is 0 Å². The summed E-state index contributed by atoms with van der Waals surface area (Å²) in [6.07, 6.45) is 2.33. The lowest BCUT2D eigenvalue weighted by atomic mass is 10.2. The Bertz CT molecular complexity index is 832. The number of ether oxygens (including phenoxy) is 2. The highest BCUT2D eigenvalue weighted by Crippen LogP contribution is 2.28. The van der Waals surface area contributed by atoms with Crippen molar-refractivity contribution in [1.29, 1.82) is 0 Å². The van der Waals surface area contributed by atoms with Crippen LogP contribution in [0.15, 0.2) is 47.6 Å². The third-order valence-corrected chi connectivity index (χ3v) is 3.62. The van der Waals surface area contributed by atoms with Gasteiger partial charge in [-0.15, -0.1) is 0 Å². The van der Waals surface area contributed by atoms with Gasteiger partial charge in [0.15, 0.2) is 11.5 Å². The number of amides is 2. The second-order valence-electron chi connectivity index (χ2n) is 6.01. The van der Waals surface area contributed by atoms with Crippen molar-refractivity contribution in [3.05, 3.63) is 53.6 Å². The molecule has 0 fully saturated rings. The molecule has 2 N–H and O–H groups in total. The zero-order chi connectivity index (χ0) is 20.4. The monoisotopic (exact) mass is 383 g/mol. The number of anilines is 1. The van der Waals surface area contributed by atoms with Crippen molar-refractivity contribution >= 4 is 23.7 Å². The summed E-state index contributed by atoms with van der Waals surface area (Å²) >= 11 is 0. The number of benzene rings is 2. The molecule has 0 aliphatic carbocycles. The normalized spacial score (nSPS) is 10.5. The zero-order valence-corrected chi connectivity index (χ0v) is 16.3. The average molecular weight is 383 g/mol. The van der Waals surface area contributed by atoms with Gasteiger partial charge in [0, 0.05) is 5.69 Å². The molecule has 0 bridgehead atoms. The molecule has 2 aromatic carbocycles. The highest BCUT2D eigenvalue weighted by atomic mass is 16.5. The van der Waals surface area contributed by atoms with E-state index in [0.717, 1.165) is 12.0 Å². The molecule has 2 aromatic rings. The summed E-state index contributed by atoms with van der Waals surface area (Å²) in [6, 6.07) is 12.5. The molecule has 0 atom stereocenters. The Hall–Kier alpha value is -3.35. The number of rotatable bonds is 8. The molecular formula is C21H25N3O4. The van der Waals surface area contributed by atoms with Crippen LogP contribution in [0.4, 0.5) is 5.69 Å². The van der Waals surface area contributed by atoms with Gasteiger partial charge in [0.1, 0.15) is 0 Å². The maximum atomic E-state index is 11.9. The SMILES string of the molecule is CCCOc1ccc(/C=N/NC(=O)C(=O)Nc2ccc(C)cc2)cc1OCC. The van der Waals surface area contributed by atoms with Gasteiger partial charge in [0.05, 0.1) is 19.4 Å². The molecule has 7 nitrogen and oxygen atoms in total. The van der Waals surface area contributed by atoms with Gasteiger partial charge in [-0.3, -0.25) is 9.59 Å². The van der Waals surface area contributed by atoms with Crippen molar-refractivity contribution in [1.82, 2.24) is 5.43 Å². The van der Waals surface area contributed by atoms with Crippen molar-refractivity contribution in [2.75, 3.05) is 18.5 Å². The van der Waals surface area contributed by atoms with Crippen LogP contribution < -0.4 is 20.2 Å². The van der Waals surface area contributed by atoms with Crippen molar-refractivity contribution in [3.8, 4) is 11.5 Å². The van der Waals surface area contributed by atoms with E-state index in [-0.39, 0.29) is 0 Å². The molecule has 2 rings (SSSR count). The Morgan fingerprint density at radius 2 is 1.75 bits per heavy atom. The minimum Gasteiger partial charge on any atom is -0.490 e. The smallest absolute Gasteiger partial charge is 0.329 e. The van der Waals surface area contributed by atoms with Crippen molar-refractivity contribution in [2.24, 2.45) is 5.10 Å². The number of carbonyl (C=O) groups is 2. The van der Waals surface area contributed by atoms with E-state index in [4.69, 9.17) is 9.47 Å². The van der Waals surface area contributed by atoms with E-state index in [1.165, 1.54) is 6.21 Å². The Morgan fingerprint density at radius 1 is 1.00 bits per heavy atom. The van der Waals surface area contributed by atoms with E-state index in [2.05, 4.69) is 15.8 Å². The molecule has 0 aliphatic rings. The molecular weight excluding hydrogens is 358 g/mol. The van der Waals surface area contributed by atoms with Gasteiger partial charge in [-0.1, -0.05) is 24.6 Å². The third kappa shape index (κ3) is 6.42. The second-order valence-corrected chi connectivity index (χ2v) is 6.01. The predicted octanol–water partition coefficient (Wildman–Crippen LogP) is 3.27. The Balaban J connectivity index is 1.95. The van der Waals surface area contributed by atoms with E-state index in [0.29, 0.717) is 36.0 Å².